The van der Waals surface area contributed by atoms with Crippen molar-refractivity contribution in [2.24, 2.45) is 11.8 Å². The van der Waals surface area contributed by atoms with E-state index in [9.17, 15) is 9.59 Å². The maximum absolute atomic E-state index is 13.1. The second-order valence-corrected chi connectivity index (χ2v) is 8.95. The number of nitrogens with one attached hydrogen (secondary N) is 2. The summed E-state index contributed by atoms with van der Waals surface area (Å²) in [7, 11) is 0. The van der Waals surface area contributed by atoms with Gasteiger partial charge in [0.2, 0.25) is 0 Å². The molecule has 1 heterocycles. The summed E-state index contributed by atoms with van der Waals surface area (Å²) < 4.78 is 5.53. The monoisotopic (exact) mass is 455 g/mol. The highest BCUT2D eigenvalue weighted by Gasteiger charge is 2.33. The minimum atomic E-state index is -0.410. The fourth-order valence-corrected chi connectivity index (χ4v) is 5.12. The number of ether oxygens (including phenoxy) is 1. The number of hydrogen-bond donors (Lipinski definition) is 2. The Balaban J connectivity index is 1.39. The van der Waals surface area contributed by atoms with E-state index in [1.807, 2.05) is 24.0 Å². The summed E-state index contributed by atoms with van der Waals surface area (Å²) >= 11 is 6.45. The summed E-state index contributed by atoms with van der Waals surface area (Å²) in [5.41, 5.74) is 1.58. The van der Waals surface area contributed by atoms with E-state index in [2.05, 4.69) is 10.6 Å². The lowest BCUT2D eigenvalue weighted by Gasteiger charge is -2.41. The van der Waals surface area contributed by atoms with Crippen LogP contribution < -0.4 is 15.4 Å². The molecule has 0 aromatic heterocycles. The van der Waals surface area contributed by atoms with Crippen LogP contribution in [0.1, 0.15) is 49.4 Å². The van der Waals surface area contributed by atoms with Crippen molar-refractivity contribution in [3.05, 3.63) is 53.1 Å². The van der Waals surface area contributed by atoms with Gasteiger partial charge < -0.3 is 20.3 Å². The van der Waals surface area contributed by atoms with Gasteiger partial charge in [0.1, 0.15) is 5.75 Å². The molecule has 3 amide bonds. The third-order valence-corrected chi connectivity index (χ3v) is 6.78. The van der Waals surface area contributed by atoms with Crippen LogP contribution in [-0.4, -0.2) is 36.5 Å². The number of nitrogens with zero attached hydrogens (tertiary/aromatic N) is 1. The molecule has 1 saturated heterocycles. The molecule has 0 unspecified atom stereocenters. The topological polar surface area (TPSA) is 70.7 Å². The minimum Gasteiger partial charge on any atom is -0.492 e. The Bertz CT molecular complexity index is 981. The number of piperidine rings is 1. The van der Waals surface area contributed by atoms with Crippen LogP contribution in [0.3, 0.4) is 0 Å². The van der Waals surface area contributed by atoms with Crippen LogP contribution in [-0.2, 0) is 0 Å². The van der Waals surface area contributed by atoms with Crippen LogP contribution in [0, 0.1) is 11.8 Å². The van der Waals surface area contributed by atoms with Gasteiger partial charge in [-0.1, -0.05) is 43.0 Å². The number of fused-ring (bicyclic) bond motifs is 1. The molecule has 0 spiro atoms. The number of amides is 3. The molecular formula is C25H30ClN3O3. The van der Waals surface area contributed by atoms with Gasteiger partial charge in [0, 0.05) is 18.8 Å². The van der Waals surface area contributed by atoms with Crippen molar-refractivity contribution in [2.75, 3.05) is 30.3 Å². The van der Waals surface area contributed by atoms with Crippen LogP contribution in [0.2, 0.25) is 5.02 Å². The maximum Gasteiger partial charge on any atom is 0.323 e. The normalized spacial score (nSPS) is 20.2. The first-order valence-corrected chi connectivity index (χ1v) is 11.8. The number of urea groups is 1. The van der Waals surface area contributed by atoms with Crippen LogP contribution >= 0.6 is 11.6 Å². The first-order chi connectivity index (χ1) is 15.5. The number of benzene rings is 2. The molecule has 1 saturated carbocycles. The lowest BCUT2D eigenvalue weighted by molar-refractivity contribution is 0.0521. The summed E-state index contributed by atoms with van der Waals surface area (Å²) in [6.07, 6.45) is 6.18. The molecule has 2 aliphatic rings. The fourth-order valence-electron chi connectivity index (χ4n) is 4.86. The molecule has 4 rings (SSSR count). The van der Waals surface area contributed by atoms with Crippen molar-refractivity contribution in [1.82, 2.24) is 4.90 Å². The maximum atomic E-state index is 13.1. The Labute approximate surface area is 194 Å². The zero-order valence-corrected chi connectivity index (χ0v) is 19.2. The van der Waals surface area contributed by atoms with Gasteiger partial charge >= 0.3 is 6.03 Å². The van der Waals surface area contributed by atoms with Gasteiger partial charge in [0.15, 0.2) is 0 Å². The Morgan fingerprint density at radius 1 is 1.06 bits per heavy atom. The average Bonchev–Trinajstić information content (AvgIpc) is 2.80. The first kappa shape index (κ1) is 22.5. The highest BCUT2D eigenvalue weighted by Crippen LogP contribution is 2.37. The molecule has 2 N–H and O–H groups in total. The third-order valence-electron chi connectivity index (χ3n) is 6.47. The standard InChI is InChI=1S/C25H30ClN3O3/c1-2-32-23-10-6-5-9-22(23)28-25(31)27-19-11-12-20(21(26)15-19)24(30)29-14-13-17-7-3-4-8-18(17)16-29/h5-6,9-12,15,17-18H,2-4,7-8,13-14,16H2,1H3,(H2,27,28,31)/t17-,18+/m1/s1. The van der Waals surface area contributed by atoms with Gasteiger partial charge in [0.25, 0.3) is 5.91 Å². The van der Waals surface area contributed by atoms with Gasteiger partial charge in [-0.2, -0.15) is 0 Å². The van der Waals surface area contributed by atoms with Gasteiger partial charge in [-0.25, -0.2) is 4.79 Å². The molecule has 6 nitrogen and oxygen atoms in total. The van der Waals surface area contributed by atoms with E-state index in [-0.39, 0.29) is 5.91 Å². The zero-order chi connectivity index (χ0) is 22.5. The molecule has 1 aliphatic carbocycles. The molecule has 1 aliphatic heterocycles. The van der Waals surface area contributed by atoms with Crippen LogP contribution in [0.25, 0.3) is 0 Å². The second-order valence-electron chi connectivity index (χ2n) is 8.55. The number of carbonyl (C=O) groups excluding carboxylic acids is 2. The van der Waals surface area contributed by atoms with Crippen molar-refractivity contribution >= 4 is 34.9 Å². The number of likely N-dealkylation sites (tertiary alicyclic amines) is 1. The van der Waals surface area contributed by atoms with Crippen molar-refractivity contribution < 1.29 is 14.3 Å². The average molecular weight is 456 g/mol. The second kappa shape index (κ2) is 10.3. The van der Waals surface area contributed by atoms with Gasteiger partial charge in [-0.05, 0) is 61.9 Å². The van der Waals surface area contributed by atoms with E-state index in [1.165, 1.54) is 25.7 Å². The number of anilines is 2. The van der Waals surface area contributed by atoms with Gasteiger partial charge in [-0.3, -0.25) is 4.79 Å². The van der Waals surface area contributed by atoms with Crippen molar-refractivity contribution in [1.29, 1.82) is 0 Å². The van der Waals surface area contributed by atoms with Crippen molar-refractivity contribution in [3.8, 4) is 5.75 Å². The number of halogens is 1. The summed E-state index contributed by atoms with van der Waals surface area (Å²) in [6, 6.07) is 11.9. The van der Waals surface area contributed by atoms with E-state index < -0.39 is 6.03 Å². The van der Waals surface area contributed by atoms with Crippen LogP contribution in [0.15, 0.2) is 42.5 Å². The number of carbonyl (C=O) groups is 2. The molecule has 2 fully saturated rings. The molecule has 170 valence electrons. The van der Waals surface area contributed by atoms with Crippen LogP contribution in [0.5, 0.6) is 5.75 Å². The summed E-state index contributed by atoms with van der Waals surface area (Å²) in [5.74, 6) is 1.96. The molecular weight excluding hydrogens is 426 g/mol. The number of para-hydroxylation sites is 2. The molecule has 2 aromatic rings. The Kier molecular flexibility index (Phi) is 7.20. The Morgan fingerprint density at radius 3 is 2.62 bits per heavy atom. The van der Waals surface area contributed by atoms with E-state index in [1.54, 1.807) is 30.3 Å². The zero-order valence-electron chi connectivity index (χ0n) is 18.4. The first-order valence-electron chi connectivity index (χ1n) is 11.4. The van der Waals surface area contributed by atoms with E-state index in [4.69, 9.17) is 16.3 Å². The molecule has 32 heavy (non-hydrogen) atoms. The Hall–Kier alpha value is -2.73. The molecule has 7 heteroatoms. The molecule has 2 atom stereocenters. The minimum absolute atomic E-state index is 0.0272. The van der Waals surface area contributed by atoms with Crippen LogP contribution in [0.4, 0.5) is 16.2 Å². The fraction of sp³-hybridized carbons (Fsp3) is 0.440. The quantitative estimate of drug-likeness (QED) is 0.577. The SMILES string of the molecule is CCOc1ccccc1NC(=O)Nc1ccc(C(=O)N2CC[C@H]3CCCC[C@H]3C2)c(Cl)c1. The number of rotatable bonds is 5. The predicted molar refractivity (Wildman–Crippen MR) is 128 cm³/mol. The van der Waals surface area contributed by atoms with E-state index in [0.717, 1.165) is 25.4 Å². The molecule has 2 aromatic carbocycles. The van der Waals surface area contributed by atoms with Gasteiger partial charge in [0.05, 0.1) is 22.9 Å². The van der Waals surface area contributed by atoms with E-state index >= 15 is 0 Å². The number of hydrogen-bond acceptors (Lipinski definition) is 3. The largest absolute Gasteiger partial charge is 0.492 e. The summed E-state index contributed by atoms with van der Waals surface area (Å²) in [5, 5.41) is 5.89. The lowest BCUT2D eigenvalue weighted by atomic mass is 9.75. The summed E-state index contributed by atoms with van der Waals surface area (Å²) in [4.78, 5) is 27.5. The summed E-state index contributed by atoms with van der Waals surface area (Å²) in [6.45, 7) is 4.00. The lowest BCUT2D eigenvalue weighted by Crippen LogP contribution is -2.44. The van der Waals surface area contributed by atoms with Gasteiger partial charge in [-0.15, -0.1) is 0 Å². The molecule has 0 bridgehead atoms. The van der Waals surface area contributed by atoms with E-state index in [0.29, 0.717) is 40.2 Å². The van der Waals surface area contributed by atoms with Crippen molar-refractivity contribution in [2.45, 2.75) is 39.0 Å². The smallest absolute Gasteiger partial charge is 0.323 e. The highest BCUT2D eigenvalue weighted by molar-refractivity contribution is 6.34. The Morgan fingerprint density at radius 2 is 1.84 bits per heavy atom. The molecule has 0 radical (unpaired) electrons. The third kappa shape index (κ3) is 5.18. The predicted octanol–water partition coefficient (Wildman–Crippen LogP) is 6.04. The highest BCUT2D eigenvalue weighted by atomic mass is 35.5. The van der Waals surface area contributed by atoms with Crippen molar-refractivity contribution in [3.63, 3.8) is 0 Å².